The summed E-state index contributed by atoms with van der Waals surface area (Å²) in [4.78, 5) is 17.9. The SMILES string of the molecule is O=C(CCc1ncn[nH]1)N1C[C@@H](O)[C@@H]2COC[C@@H]21. The Bertz CT molecular complexity index is 422. The molecule has 18 heavy (non-hydrogen) atoms. The standard InChI is InChI=1S/C11H16N4O3/c16-9-3-15(8-5-18-4-7(8)9)11(17)2-1-10-12-6-13-14-10/h6-9,16H,1-5H2,(H,12,13,14)/t7-,8+,9-/m1/s1. The second kappa shape index (κ2) is 4.66. The first-order chi connectivity index (χ1) is 8.75. The molecule has 2 fully saturated rings. The molecule has 98 valence electrons. The minimum absolute atomic E-state index is 0.0437. The number of amides is 1. The van der Waals surface area contributed by atoms with Crippen LogP contribution in [0.3, 0.4) is 0 Å². The van der Waals surface area contributed by atoms with Gasteiger partial charge in [-0.15, -0.1) is 0 Å². The Hall–Kier alpha value is -1.47. The predicted octanol–water partition coefficient (Wildman–Crippen LogP) is -1.04. The zero-order valence-corrected chi connectivity index (χ0v) is 9.95. The van der Waals surface area contributed by atoms with E-state index in [1.807, 2.05) is 0 Å². The van der Waals surface area contributed by atoms with Gasteiger partial charge in [-0.2, -0.15) is 5.10 Å². The fraction of sp³-hybridized carbons (Fsp3) is 0.727. The third-order valence-corrected chi connectivity index (χ3v) is 3.73. The quantitative estimate of drug-likeness (QED) is 0.716. The topological polar surface area (TPSA) is 91.3 Å². The van der Waals surface area contributed by atoms with Gasteiger partial charge in [0.2, 0.25) is 5.91 Å². The van der Waals surface area contributed by atoms with Crippen molar-refractivity contribution in [2.45, 2.75) is 25.0 Å². The molecule has 2 saturated heterocycles. The van der Waals surface area contributed by atoms with E-state index in [2.05, 4.69) is 15.2 Å². The summed E-state index contributed by atoms with van der Waals surface area (Å²) in [5.41, 5.74) is 0. The Morgan fingerprint density at radius 2 is 2.50 bits per heavy atom. The van der Waals surface area contributed by atoms with Gasteiger partial charge in [0.05, 0.1) is 25.4 Å². The van der Waals surface area contributed by atoms with Gasteiger partial charge in [0.25, 0.3) is 0 Å². The lowest BCUT2D eigenvalue weighted by Gasteiger charge is -2.22. The molecular formula is C11H16N4O3. The van der Waals surface area contributed by atoms with Crippen LogP contribution in [0.5, 0.6) is 0 Å². The number of fused-ring (bicyclic) bond motifs is 1. The number of nitrogens with one attached hydrogen (secondary N) is 1. The third-order valence-electron chi connectivity index (χ3n) is 3.73. The fourth-order valence-electron chi connectivity index (χ4n) is 2.73. The van der Waals surface area contributed by atoms with E-state index in [4.69, 9.17) is 4.74 Å². The van der Waals surface area contributed by atoms with Crippen molar-refractivity contribution in [2.75, 3.05) is 19.8 Å². The lowest BCUT2D eigenvalue weighted by molar-refractivity contribution is -0.132. The second-order valence-corrected chi connectivity index (χ2v) is 4.81. The number of carbonyl (C=O) groups is 1. The number of carbonyl (C=O) groups excluding carboxylic acids is 1. The first-order valence-electron chi connectivity index (χ1n) is 6.15. The van der Waals surface area contributed by atoms with Crippen molar-refractivity contribution in [3.05, 3.63) is 12.2 Å². The highest BCUT2D eigenvalue weighted by Crippen LogP contribution is 2.30. The number of hydrogen-bond acceptors (Lipinski definition) is 5. The number of β-amino-alcohol motifs (C(OH)–C–C–N with tert-alkyl or cyclic N) is 1. The van der Waals surface area contributed by atoms with Gasteiger partial charge in [-0.1, -0.05) is 0 Å². The Balaban J connectivity index is 1.59. The maximum Gasteiger partial charge on any atom is 0.223 e. The molecule has 0 saturated carbocycles. The number of rotatable bonds is 3. The van der Waals surface area contributed by atoms with Crippen molar-refractivity contribution < 1.29 is 14.6 Å². The van der Waals surface area contributed by atoms with E-state index in [0.717, 1.165) is 0 Å². The van der Waals surface area contributed by atoms with Crippen molar-refractivity contribution >= 4 is 5.91 Å². The summed E-state index contributed by atoms with van der Waals surface area (Å²) in [5.74, 6) is 0.838. The van der Waals surface area contributed by atoms with Crippen LogP contribution in [-0.2, 0) is 16.0 Å². The van der Waals surface area contributed by atoms with Crippen molar-refractivity contribution in [3.63, 3.8) is 0 Å². The van der Waals surface area contributed by atoms with E-state index in [9.17, 15) is 9.90 Å². The lowest BCUT2D eigenvalue weighted by atomic mass is 10.0. The van der Waals surface area contributed by atoms with E-state index >= 15 is 0 Å². The average Bonchev–Trinajstić information content (AvgIpc) is 3.04. The molecule has 3 heterocycles. The molecule has 2 aliphatic rings. The van der Waals surface area contributed by atoms with Crippen LogP contribution in [0, 0.1) is 5.92 Å². The Morgan fingerprint density at radius 1 is 1.61 bits per heavy atom. The second-order valence-electron chi connectivity index (χ2n) is 4.81. The van der Waals surface area contributed by atoms with E-state index in [-0.39, 0.29) is 17.9 Å². The zero-order valence-electron chi connectivity index (χ0n) is 9.95. The maximum atomic E-state index is 12.1. The van der Waals surface area contributed by atoms with Gasteiger partial charge < -0.3 is 14.7 Å². The molecule has 0 spiro atoms. The summed E-state index contributed by atoms with van der Waals surface area (Å²) >= 11 is 0. The van der Waals surface area contributed by atoms with Gasteiger partial charge in [0, 0.05) is 25.3 Å². The first kappa shape index (κ1) is 11.6. The minimum atomic E-state index is -0.452. The van der Waals surface area contributed by atoms with Crippen LogP contribution in [0.4, 0.5) is 0 Å². The minimum Gasteiger partial charge on any atom is -0.391 e. The van der Waals surface area contributed by atoms with E-state index < -0.39 is 6.10 Å². The van der Waals surface area contributed by atoms with E-state index in [1.54, 1.807) is 4.90 Å². The number of nitrogens with zero attached hydrogens (tertiary/aromatic N) is 3. The summed E-state index contributed by atoms with van der Waals surface area (Å²) in [6.45, 7) is 1.52. The lowest BCUT2D eigenvalue weighted by Crippen LogP contribution is -2.38. The first-order valence-corrected chi connectivity index (χ1v) is 6.15. The largest absolute Gasteiger partial charge is 0.391 e. The molecular weight excluding hydrogens is 236 g/mol. The number of H-pyrrole nitrogens is 1. The molecule has 3 atom stereocenters. The molecule has 7 heteroatoms. The zero-order chi connectivity index (χ0) is 12.5. The Morgan fingerprint density at radius 3 is 3.28 bits per heavy atom. The molecule has 7 nitrogen and oxygen atoms in total. The highest BCUT2D eigenvalue weighted by atomic mass is 16.5. The normalized spacial score (nSPS) is 30.7. The Labute approximate surface area is 104 Å². The van der Waals surface area contributed by atoms with Crippen molar-refractivity contribution in [3.8, 4) is 0 Å². The number of aliphatic hydroxyl groups excluding tert-OH is 1. The Kier molecular flexibility index (Phi) is 3.00. The van der Waals surface area contributed by atoms with Crippen LogP contribution in [0.2, 0.25) is 0 Å². The molecule has 0 unspecified atom stereocenters. The molecule has 1 aromatic heterocycles. The van der Waals surface area contributed by atoms with Crippen LogP contribution < -0.4 is 0 Å². The molecule has 1 aromatic rings. The summed E-state index contributed by atoms with van der Waals surface area (Å²) in [7, 11) is 0. The van der Waals surface area contributed by atoms with Crippen LogP contribution >= 0.6 is 0 Å². The molecule has 2 N–H and O–H groups in total. The summed E-state index contributed by atoms with van der Waals surface area (Å²) < 4.78 is 5.33. The van der Waals surface area contributed by atoms with Crippen LogP contribution in [0.25, 0.3) is 0 Å². The fourth-order valence-corrected chi connectivity index (χ4v) is 2.73. The molecule has 2 aliphatic heterocycles. The van der Waals surface area contributed by atoms with Gasteiger partial charge in [-0.3, -0.25) is 9.89 Å². The number of likely N-dealkylation sites (tertiary alicyclic amines) is 1. The molecule has 0 aliphatic carbocycles. The summed E-state index contributed by atoms with van der Waals surface area (Å²) in [5, 5.41) is 16.3. The monoisotopic (exact) mass is 252 g/mol. The van der Waals surface area contributed by atoms with Crippen LogP contribution in [0.15, 0.2) is 6.33 Å². The van der Waals surface area contributed by atoms with E-state index in [1.165, 1.54) is 6.33 Å². The third kappa shape index (κ3) is 1.99. The predicted molar refractivity (Wildman–Crippen MR) is 60.5 cm³/mol. The van der Waals surface area contributed by atoms with Crippen molar-refractivity contribution in [1.82, 2.24) is 20.1 Å². The van der Waals surface area contributed by atoms with Crippen LogP contribution in [0.1, 0.15) is 12.2 Å². The molecule has 3 rings (SSSR count). The number of aromatic amines is 1. The number of hydrogen-bond donors (Lipinski definition) is 2. The van der Waals surface area contributed by atoms with Crippen molar-refractivity contribution in [1.29, 1.82) is 0 Å². The van der Waals surface area contributed by atoms with Gasteiger partial charge in [0.15, 0.2) is 0 Å². The number of ether oxygens (including phenoxy) is 1. The summed E-state index contributed by atoms with van der Waals surface area (Å²) in [6, 6.07) is 0.0437. The van der Waals surface area contributed by atoms with Gasteiger partial charge in [-0.25, -0.2) is 4.98 Å². The smallest absolute Gasteiger partial charge is 0.223 e. The molecule has 0 bridgehead atoms. The van der Waals surface area contributed by atoms with Gasteiger partial charge in [0.1, 0.15) is 12.2 Å². The molecule has 0 radical (unpaired) electrons. The van der Waals surface area contributed by atoms with E-state index in [0.29, 0.717) is 38.4 Å². The van der Waals surface area contributed by atoms with Gasteiger partial charge >= 0.3 is 0 Å². The summed E-state index contributed by atoms with van der Waals surface area (Å²) in [6.07, 6.45) is 1.90. The van der Waals surface area contributed by atoms with Gasteiger partial charge in [-0.05, 0) is 0 Å². The highest BCUT2D eigenvalue weighted by Gasteiger charge is 2.46. The highest BCUT2D eigenvalue weighted by molar-refractivity contribution is 5.77. The molecule has 1 amide bonds. The average molecular weight is 252 g/mol. The number of aromatic nitrogens is 3. The van der Waals surface area contributed by atoms with Crippen molar-refractivity contribution in [2.24, 2.45) is 5.92 Å². The maximum absolute atomic E-state index is 12.1. The number of aryl methyl sites for hydroxylation is 1. The molecule has 0 aromatic carbocycles. The number of aliphatic hydroxyl groups is 1. The van der Waals surface area contributed by atoms with Crippen LogP contribution in [-0.4, -0.2) is 63.0 Å².